The zero-order chi connectivity index (χ0) is 23.5. The van der Waals surface area contributed by atoms with E-state index in [9.17, 15) is 22.8 Å². The van der Waals surface area contributed by atoms with Gasteiger partial charge in [0.25, 0.3) is 5.56 Å². The number of nitrogens with zero attached hydrogens (tertiary/aromatic N) is 3. The molecule has 0 bridgehead atoms. The number of aromatic nitrogens is 3. The number of amides is 1. The number of thioether (sulfide) groups is 1. The zero-order valence-corrected chi connectivity index (χ0v) is 18.1. The van der Waals surface area contributed by atoms with Crippen LogP contribution in [0.1, 0.15) is 12.5 Å². The summed E-state index contributed by atoms with van der Waals surface area (Å²) in [5, 5.41) is 2.11. The van der Waals surface area contributed by atoms with Gasteiger partial charge in [-0.1, -0.05) is 30.0 Å². The molecule has 2 heterocycles. The molecular weight excluding hydrogens is 453 g/mol. The third-order valence-electron chi connectivity index (χ3n) is 4.83. The summed E-state index contributed by atoms with van der Waals surface area (Å²) in [6.45, 7) is 1.71. The molecule has 0 saturated heterocycles. The van der Waals surface area contributed by atoms with E-state index in [0.717, 1.165) is 29.5 Å². The molecule has 33 heavy (non-hydrogen) atoms. The third-order valence-corrected chi connectivity index (χ3v) is 5.92. The lowest BCUT2D eigenvalue weighted by molar-refractivity contribution is -0.115. The minimum atomic E-state index is -1.67. The standard InChI is InChI=1S/C23H17F3N4O2S/c1-13(21(31)28-18-9-8-16(24)19(25)20(18)26)33-23-29-17-7-3-2-6-15(17)22(32)30(23)12-14-5-4-10-27-11-14/h2-11,13H,12H2,1H3,(H,28,31). The lowest BCUT2D eigenvalue weighted by Gasteiger charge is -2.16. The van der Waals surface area contributed by atoms with Crippen molar-refractivity contribution >= 4 is 34.3 Å². The summed E-state index contributed by atoms with van der Waals surface area (Å²) >= 11 is 0.988. The molecule has 2 aromatic heterocycles. The van der Waals surface area contributed by atoms with Gasteiger partial charge < -0.3 is 5.32 Å². The van der Waals surface area contributed by atoms with Crippen molar-refractivity contribution in [3.63, 3.8) is 0 Å². The molecule has 1 N–H and O–H groups in total. The van der Waals surface area contributed by atoms with Crippen molar-refractivity contribution in [1.82, 2.24) is 14.5 Å². The number of carbonyl (C=O) groups excluding carboxylic acids is 1. The van der Waals surface area contributed by atoms with Crippen LogP contribution < -0.4 is 10.9 Å². The molecule has 0 aliphatic rings. The van der Waals surface area contributed by atoms with Gasteiger partial charge in [0, 0.05) is 12.4 Å². The molecule has 0 spiro atoms. The van der Waals surface area contributed by atoms with E-state index in [4.69, 9.17) is 0 Å². The summed E-state index contributed by atoms with van der Waals surface area (Å²) in [5.41, 5.74) is 0.461. The van der Waals surface area contributed by atoms with Gasteiger partial charge in [-0.25, -0.2) is 18.2 Å². The highest BCUT2D eigenvalue weighted by molar-refractivity contribution is 8.00. The van der Waals surface area contributed by atoms with Crippen LogP contribution in [-0.2, 0) is 11.3 Å². The van der Waals surface area contributed by atoms with Gasteiger partial charge in [-0.3, -0.25) is 19.1 Å². The molecule has 2 aromatic carbocycles. The van der Waals surface area contributed by atoms with E-state index >= 15 is 0 Å². The number of hydrogen-bond donors (Lipinski definition) is 1. The van der Waals surface area contributed by atoms with Crippen molar-refractivity contribution in [2.45, 2.75) is 23.9 Å². The van der Waals surface area contributed by atoms with E-state index in [1.807, 2.05) is 6.07 Å². The van der Waals surface area contributed by atoms with Crippen LogP contribution in [0.15, 0.2) is 70.9 Å². The number of para-hydroxylation sites is 1. The van der Waals surface area contributed by atoms with Crippen molar-refractivity contribution in [3.05, 3.63) is 94.3 Å². The Morgan fingerprint density at radius 1 is 1.09 bits per heavy atom. The first-order chi connectivity index (χ1) is 15.8. The Bertz CT molecular complexity index is 1400. The maximum Gasteiger partial charge on any atom is 0.262 e. The summed E-state index contributed by atoms with van der Waals surface area (Å²) < 4.78 is 42.0. The molecule has 1 amide bonds. The number of nitrogens with one attached hydrogen (secondary N) is 1. The van der Waals surface area contributed by atoms with Gasteiger partial charge >= 0.3 is 0 Å². The van der Waals surface area contributed by atoms with Gasteiger partial charge in [0.05, 0.1) is 28.4 Å². The van der Waals surface area contributed by atoms with Crippen LogP contribution in [0.25, 0.3) is 10.9 Å². The highest BCUT2D eigenvalue weighted by Gasteiger charge is 2.22. The lowest BCUT2D eigenvalue weighted by atomic mass is 10.2. The minimum absolute atomic E-state index is 0.180. The monoisotopic (exact) mass is 470 g/mol. The molecule has 168 valence electrons. The number of halogens is 3. The summed E-state index contributed by atoms with van der Waals surface area (Å²) in [5.74, 6) is -5.18. The average Bonchev–Trinajstić information content (AvgIpc) is 2.82. The fraction of sp³-hybridized carbons (Fsp3) is 0.130. The van der Waals surface area contributed by atoms with E-state index < -0.39 is 34.3 Å². The Morgan fingerprint density at radius 2 is 1.88 bits per heavy atom. The third kappa shape index (κ3) is 4.75. The van der Waals surface area contributed by atoms with Gasteiger partial charge in [0.2, 0.25) is 5.91 Å². The van der Waals surface area contributed by atoms with E-state index in [2.05, 4.69) is 15.3 Å². The van der Waals surface area contributed by atoms with Gasteiger partial charge in [-0.15, -0.1) is 0 Å². The number of fused-ring (bicyclic) bond motifs is 1. The molecule has 4 rings (SSSR count). The first-order valence-electron chi connectivity index (χ1n) is 9.84. The first kappa shape index (κ1) is 22.5. The largest absolute Gasteiger partial charge is 0.323 e. The Morgan fingerprint density at radius 3 is 2.64 bits per heavy atom. The average molecular weight is 470 g/mol. The molecule has 0 aliphatic carbocycles. The number of hydrogen-bond acceptors (Lipinski definition) is 5. The molecule has 4 aromatic rings. The molecule has 0 saturated carbocycles. The van der Waals surface area contributed by atoms with Crippen LogP contribution in [0.3, 0.4) is 0 Å². The van der Waals surface area contributed by atoms with Gasteiger partial charge in [-0.2, -0.15) is 0 Å². The molecule has 0 radical (unpaired) electrons. The Kier molecular flexibility index (Phi) is 6.45. The summed E-state index contributed by atoms with van der Waals surface area (Å²) in [6.07, 6.45) is 3.24. The molecule has 0 fully saturated rings. The van der Waals surface area contributed by atoms with Crippen molar-refractivity contribution in [2.24, 2.45) is 0 Å². The normalized spacial score (nSPS) is 12.0. The molecule has 6 nitrogen and oxygen atoms in total. The van der Waals surface area contributed by atoms with Crippen LogP contribution in [0, 0.1) is 17.5 Å². The van der Waals surface area contributed by atoms with E-state index in [0.29, 0.717) is 10.9 Å². The summed E-state index contributed by atoms with van der Waals surface area (Å²) in [4.78, 5) is 34.4. The zero-order valence-electron chi connectivity index (χ0n) is 17.3. The highest BCUT2D eigenvalue weighted by Crippen LogP contribution is 2.26. The fourth-order valence-electron chi connectivity index (χ4n) is 3.12. The van der Waals surface area contributed by atoms with Gasteiger partial charge in [0.15, 0.2) is 22.6 Å². The van der Waals surface area contributed by atoms with Crippen LogP contribution in [0.2, 0.25) is 0 Å². The van der Waals surface area contributed by atoms with Crippen LogP contribution >= 0.6 is 11.8 Å². The predicted molar refractivity (Wildman–Crippen MR) is 120 cm³/mol. The number of benzene rings is 2. The van der Waals surface area contributed by atoms with E-state index in [-0.39, 0.29) is 17.3 Å². The number of pyridine rings is 1. The molecule has 10 heteroatoms. The SMILES string of the molecule is CC(Sc1nc2ccccc2c(=O)n1Cc1cccnc1)C(=O)Nc1ccc(F)c(F)c1F. The molecule has 1 atom stereocenters. The minimum Gasteiger partial charge on any atom is -0.323 e. The van der Waals surface area contributed by atoms with Gasteiger partial charge in [-0.05, 0) is 42.8 Å². The van der Waals surface area contributed by atoms with Crippen molar-refractivity contribution in [3.8, 4) is 0 Å². The quantitative estimate of drug-likeness (QED) is 0.257. The number of anilines is 1. The topological polar surface area (TPSA) is 76.9 Å². The second kappa shape index (κ2) is 9.45. The predicted octanol–water partition coefficient (Wildman–Crippen LogP) is 4.38. The van der Waals surface area contributed by atoms with E-state index in [1.165, 1.54) is 11.5 Å². The summed E-state index contributed by atoms with van der Waals surface area (Å²) in [7, 11) is 0. The second-order valence-corrected chi connectivity index (χ2v) is 8.44. The molecule has 0 aliphatic heterocycles. The molecule has 1 unspecified atom stereocenters. The maximum absolute atomic E-state index is 13.9. The highest BCUT2D eigenvalue weighted by atomic mass is 32.2. The van der Waals surface area contributed by atoms with E-state index in [1.54, 1.807) is 42.7 Å². The smallest absolute Gasteiger partial charge is 0.262 e. The Hall–Kier alpha value is -3.66. The maximum atomic E-state index is 13.9. The van der Waals surface area contributed by atoms with Crippen LogP contribution in [-0.4, -0.2) is 25.7 Å². The van der Waals surface area contributed by atoms with Crippen molar-refractivity contribution in [2.75, 3.05) is 5.32 Å². The first-order valence-corrected chi connectivity index (χ1v) is 10.7. The lowest BCUT2D eigenvalue weighted by Crippen LogP contribution is -2.27. The number of carbonyl (C=O) groups is 1. The van der Waals surface area contributed by atoms with Crippen molar-refractivity contribution in [1.29, 1.82) is 0 Å². The Balaban J connectivity index is 1.65. The van der Waals surface area contributed by atoms with Crippen LogP contribution in [0.4, 0.5) is 18.9 Å². The second-order valence-electron chi connectivity index (χ2n) is 7.14. The summed E-state index contributed by atoms with van der Waals surface area (Å²) in [6, 6.07) is 12.1. The fourth-order valence-corrected chi connectivity index (χ4v) is 4.03. The number of rotatable bonds is 6. The van der Waals surface area contributed by atoms with Gasteiger partial charge in [0.1, 0.15) is 0 Å². The van der Waals surface area contributed by atoms with Crippen LogP contribution in [0.5, 0.6) is 0 Å². The molecular formula is C23H17F3N4O2S. The Labute approximate surface area is 190 Å². The van der Waals surface area contributed by atoms with Crippen molar-refractivity contribution < 1.29 is 18.0 Å².